The van der Waals surface area contributed by atoms with Crippen LogP contribution in [0.1, 0.15) is 101 Å². The minimum atomic E-state index is -0.268. The van der Waals surface area contributed by atoms with E-state index >= 15 is 0 Å². The van der Waals surface area contributed by atoms with Crippen molar-refractivity contribution in [1.82, 2.24) is 24.8 Å². The van der Waals surface area contributed by atoms with Crippen LogP contribution in [0, 0.1) is 20.8 Å². The molecule has 5 rings (SSSR count). The number of allylic oxidation sites excluding steroid dienone is 3. The number of nitrogens with zero attached hydrogens (tertiary/aromatic N) is 3. The molecule has 2 aliphatic rings. The van der Waals surface area contributed by atoms with E-state index in [4.69, 9.17) is 28.9 Å². The number of H-pyrrole nitrogens is 2. The second-order valence-corrected chi connectivity index (χ2v) is 13.9. The number of nitrogens with one attached hydrogen (secondary N) is 2. The average Bonchev–Trinajstić information content (AvgIpc) is 3.83. The summed E-state index contributed by atoms with van der Waals surface area (Å²) in [6, 6.07) is 6.26. The zero-order chi connectivity index (χ0) is 38.4. The molecule has 2 N–H and O–H groups in total. The summed E-state index contributed by atoms with van der Waals surface area (Å²) in [5.74, 6) is -0.495. The maximum Gasteiger partial charge on any atom is 0.305 e. The number of aromatic amines is 2. The number of aromatic nitrogens is 4. The van der Waals surface area contributed by atoms with E-state index < -0.39 is 0 Å². The second-order valence-electron chi connectivity index (χ2n) is 13.9. The first-order valence-electron chi connectivity index (χ1n) is 18.5. The van der Waals surface area contributed by atoms with Crippen molar-refractivity contribution in [2.24, 2.45) is 0 Å². The molecule has 0 fully saturated rings. The molecular formula is C42H55N5O6. The summed E-state index contributed by atoms with van der Waals surface area (Å²) in [7, 11) is 4.85. The number of carbonyl (C=O) groups excluding carboxylic acids is 2. The third kappa shape index (κ3) is 8.32. The largest absolute Gasteiger partial charge is 0.469 e. The van der Waals surface area contributed by atoms with Crippen LogP contribution in [0.25, 0.3) is 33.2 Å². The van der Waals surface area contributed by atoms with E-state index in [0.29, 0.717) is 57.1 Å². The van der Waals surface area contributed by atoms with E-state index in [9.17, 15) is 9.59 Å². The number of carbonyl (C=O) groups is 2. The molecule has 0 aromatic carbocycles. The van der Waals surface area contributed by atoms with E-state index in [1.807, 2.05) is 19.9 Å². The zero-order valence-electron chi connectivity index (χ0n) is 32.8. The Bertz CT molecular complexity index is 2060. The Labute approximate surface area is 312 Å². The summed E-state index contributed by atoms with van der Waals surface area (Å²) < 4.78 is 21.3. The number of fused-ring (bicyclic) bond motifs is 8. The SMILES string of the molecule is C=CC1=C(C)c2cc3nc(c(C)c4[nH]c(cc5[nH]c(cc1n2)c(C)c5CC)c(C)c4C(=O)N(C)CCOCCOCCOC)[C@@H](CCC(=O)OC)[C@@H]3C. The molecule has 0 saturated heterocycles. The van der Waals surface area contributed by atoms with Crippen LogP contribution in [0.15, 0.2) is 30.9 Å². The fraction of sp³-hybridized carbons (Fsp3) is 0.476. The highest BCUT2D eigenvalue weighted by atomic mass is 16.5. The van der Waals surface area contributed by atoms with Crippen molar-refractivity contribution in [3.05, 3.63) is 81.4 Å². The lowest BCUT2D eigenvalue weighted by molar-refractivity contribution is -0.140. The number of esters is 1. The quantitative estimate of drug-likeness (QED) is 0.122. The van der Waals surface area contributed by atoms with Crippen molar-refractivity contribution < 1.29 is 28.5 Å². The lowest BCUT2D eigenvalue weighted by atomic mass is 9.85. The first-order valence-corrected chi connectivity index (χ1v) is 18.5. The number of aryl methyl sites for hydroxylation is 4. The van der Waals surface area contributed by atoms with Gasteiger partial charge in [-0.1, -0.05) is 26.5 Å². The highest BCUT2D eigenvalue weighted by molar-refractivity contribution is 6.06. The molecule has 8 bridgehead atoms. The van der Waals surface area contributed by atoms with Gasteiger partial charge < -0.3 is 33.8 Å². The summed E-state index contributed by atoms with van der Waals surface area (Å²) >= 11 is 0. The zero-order valence-corrected chi connectivity index (χ0v) is 32.8. The molecule has 0 aliphatic carbocycles. The highest BCUT2D eigenvalue weighted by Gasteiger charge is 2.32. The molecular weight excluding hydrogens is 670 g/mol. The third-order valence-electron chi connectivity index (χ3n) is 10.7. The molecule has 3 aromatic heterocycles. The van der Waals surface area contributed by atoms with Gasteiger partial charge in [0.2, 0.25) is 0 Å². The van der Waals surface area contributed by atoms with Gasteiger partial charge in [-0.2, -0.15) is 0 Å². The molecule has 1 amide bonds. The van der Waals surface area contributed by atoms with Gasteiger partial charge in [-0.3, -0.25) is 14.6 Å². The molecule has 5 heterocycles. The predicted octanol–water partition coefficient (Wildman–Crippen LogP) is 7.51. The van der Waals surface area contributed by atoms with Gasteiger partial charge in [-0.15, -0.1) is 0 Å². The summed E-state index contributed by atoms with van der Waals surface area (Å²) in [5, 5.41) is 0. The van der Waals surface area contributed by atoms with Crippen molar-refractivity contribution in [2.45, 2.75) is 72.6 Å². The number of methoxy groups -OCH3 is 2. The maximum absolute atomic E-state index is 14.4. The van der Waals surface area contributed by atoms with Gasteiger partial charge in [0, 0.05) is 72.5 Å². The van der Waals surface area contributed by atoms with Crippen molar-refractivity contribution in [3.63, 3.8) is 0 Å². The van der Waals surface area contributed by atoms with Crippen molar-refractivity contribution in [2.75, 3.05) is 60.8 Å². The number of likely N-dealkylation sites (N-methyl/N-ethyl adjacent to an activating group) is 1. The Morgan fingerprint density at radius 2 is 1.58 bits per heavy atom. The van der Waals surface area contributed by atoms with Crippen LogP contribution in [0.2, 0.25) is 0 Å². The van der Waals surface area contributed by atoms with Gasteiger partial charge in [0.1, 0.15) is 0 Å². The normalized spacial score (nSPS) is 15.6. The number of ether oxygens (including phenoxy) is 4. The Morgan fingerprint density at radius 1 is 0.887 bits per heavy atom. The molecule has 53 heavy (non-hydrogen) atoms. The number of amides is 1. The molecule has 0 unspecified atom stereocenters. The minimum Gasteiger partial charge on any atom is -0.469 e. The van der Waals surface area contributed by atoms with Crippen LogP contribution >= 0.6 is 0 Å². The maximum atomic E-state index is 14.4. The smallest absolute Gasteiger partial charge is 0.305 e. The predicted molar refractivity (Wildman–Crippen MR) is 210 cm³/mol. The van der Waals surface area contributed by atoms with Gasteiger partial charge in [0.15, 0.2) is 0 Å². The molecule has 2 atom stereocenters. The first-order chi connectivity index (χ1) is 25.4. The van der Waals surface area contributed by atoms with Crippen molar-refractivity contribution in [3.8, 4) is 0 Å². The summed E-state index contributed by atoms with van der Waals surface area (Å²) in [4.78, 5) is 46.2. The van der Waals surface area contributed by atoms with Gasteiger partial charge in [-0.05, 0) is 86.6 Å². The Hall–Kier alpha value is -4.58. The van der Waals surface area contributed by atoms with Gasteiger partial charge in [0.25, 0.3) is 5.91 Å². The van der Waals surface area contributed by atoms with Crippen LogP contribution in [-0.2, 0) is 30.2 Å². The fourth-order valence-electron chi connectivity index (χ4n) is 7.38. The van der Waals surface area contributed by atoms with E-state index in [1.54, 1.807) is 19.1 Å². The Balaban J connectivity index is 1.73. The lowest BCUT2D eigenvalue weighted by Crippen LogP contribution is -2.31. The van der Waals surface area contributed by atoms with Crippen LogP contribution in [0.3, 0.4) is 0 Å². The van der Waals surface area contributed by atoms with Gasteiger partial charge >= 0.3 is 5.97 Å². The topological polar surface area (TPSA) is 132 Å². The number of rotatable bonds is 15. The number of hydrogen-bond acceptors (Lipinski definition) is 8. The fourth-order valence-corrected chi connectivity index (χ4v) is 7.38. The van der Waals surface area contributed by atoms with Crippen molar-refractivity contribution in [1.29, 1.82) is 0 Å². The molecule has 11 heteroatoms. The second kappa shape index (κ2) is 17.5. The molecule has 0 radical (unpaired) electrons. The van der Waals surface area contributed by atoms with Gasteiger partial charge in [0.05, 0.1) is 62.6 Å². The summed E-state index contributed by atoms with van der Waals surface area (Å²) in [5.41, 5.74) is 13.5. The first kappa shape index (κ1) is 39.6. The molecule has 0 spiro atoms. The van der Waals surface area contributed by atoms with E-state index in [0.717, 1.165) is 73.6 Å². The number of hydrogen-bond donors (Lipinski definition) is 2. The van der Waals surface area contributed by atoms with Crippen LogP contribution in [0.4, 0.5) is 0 Å². The summed E-state index contributed by atoms with van der Waals surface area (Å²) in [6.07, 6.45) is 3.48. The monoisotopic (exact) mass is 725 g/mol. The minimum absolute atomic E-state index is 0.0181. The molecule has 2 aliphatic heterocycles. The summed E-state index contributed by atoms with van der Waals surface area (Å²) in [6.45, 7) is 19.3. The standard InChI is InChI=1S/C42H55N5O6/c1-11-29-24(3)32-21-34-26(5)31(13-14-38(48)51-10)40(45-34)28(7)41-39(42(49)47(8)15-16-52-19-20-53-18-17-50-9)27(6)35(46-41)23-37-30(12-2)25(4)33(44-37)22-36(29)43-32/h11,21-23,26,31,44,46H,1,12-20H2,2-10H3/t26-,31-/m0/s1. The van der Waals surface area contributed by atoms with Crippen LogP contribution in [0.5, 0.6) is 0 Å². The molecule has 3 aromatic rings. The molecule has 284 valence electrons. The van der Waals surface area contributed by atoms with Crippen molar-refractivity contribution >= 4 is 45.1 Å². The van der Waals surface area contributed by atoms with Crippen LogP contribution in [-0.4, -0.2) is 97.6 Å². The van der Waals surface area contributed by atoms with Gasteiger partial charge in [-0.25, -0.2) is 4.98 Å². The average molecular weight is 726 g/mol. The Morgan fingerprint density at radius 3 is 2.26 bits per heavy atom. The molecule has 0 saturated carbocycles. The third-order valence-corrected chi connectivity index (χ3v) is 10.7. The van der Waals surface area contributed by atoms with E-state index in [1.165, 1.54) is 12.7 Å². The molecule has 11 nitrogen and oxygen atoms in total. The Kier molecular flexibility index (Phi) is 13.1. The highest BCUT2D eigenvalue weighted by Crippen LogP contribution is 2.43. The van der Waals surface area contributed by atoms with Crippen LogP contribution < -0.4 is 0 Å². The lowest BCUT2D eigenvalue weighted by Gasteiger charge is -2.19. The van der Waals surface area contributed by atoms with E-state index in [2.05, 4.69) is 62.4 Å². The van der Waals surface area contributed by atoms with E-state index in [-0.39, 0.29) is 30.1 Å².